The molecule has 0 saturated carbocycles. The number of hydrogen-bond acceptors (Lipinski definition) is 3. The highest BCUT2D eigenvalue weighted by molar-refractivity contribution is 7.25. The predicted molar refractivity (Wildman–Crippen MR) is 167 cm³/mol. The molecule has 40 heavy (non-hydrogen) atoms. The number of H-pyrrole nitrogens is 2. The molecule has 3 aromatic carbocycles. The lowest BCUT2D eigenvalue weighted by Crippen LogP contribution is -2.34. The Morgan fingerprint density at radius 3 is 2.75 bits per heavy atom. The second-order valence-corrected chi connectivity index (χ2v) is 11.8. The molecule has 5 heteroatoms. The van der Waals surface area contributed by atoms with E-state index in [0.29, 0.717) is 0 Å². The van der Waals surface area contributed by atoms with Crippen LogP contribution in [0.25, 0.3) is 65.1 Å². The zero-order chi connectivity index (χ0) is 26.4. The minimum absolute atomic E-state index is 0.262. The van der Waals surface area contributed by atoms with E-state index in [-0.39, 0.29) is 5.92 Å². The van der Waals surface area contributed by atoms with Gasteiger partial charge in [0.1, 0.15) is 10.3 Å². The largest absolute Gasteiger partial charge is 0.361 e. The van der Waals surface area contributed by atoms with Crippen molar-refractivity contribution in [2.75, 3.05) is 0 Å². The molecule has 0 radical (unpaired) electrons. The van der Waals surface area contributed by atoms with E-state index in [2.05, 4.69) is 108 Å². The third-order valence-corrected chi connectivity index (χ3v) is 9.57. The van der Waals surface area contributed by atoms with Crippen molar-refractivity contribution in [2.24, 2.45) is 5.92 Å². The molecule has 2 N–H and O–H groups in total. The van der Waals surface area contributed by atoms with Crippen LogP contribution in [0.1, 0.15) is 17.7 Å². The van der Waals surface area contributed by atoms with Crippen LogP contribution < -0.4 is 10.6 Å². The fourth-order valence-electron chi connectivity index (χ4n) is 6.71. The van der Waals surface area contributed by atoms with Gasteiger partial charge in [-0.05, 0) is 54.3 Å². The number of fused-ring (bicyclic) bond motifs is 8. The van der Waals surface area contributed by atoms with E-state index in [1.807, 2.05) is 6.20 Å². The minimum atomic E-state index is 0.262. The number of nitrogens with zero attached hydrogens (tertiary/aromatic N) is 2. The number of aryl methyl sites for hydroxylation is 1. The van der Waals surface area contributed by atoms with Gasteiger partial charge in [0.15, 0.2) is 0 Å². The Kier molecular flexibility index (Phi) is 4.50. The molecule has 0 saturated heterocycles. The number of para-hydroxylation sites is 1. The van der Waals surface area contributed by atoms with Gasteiger partial charge >= 0.3 is 0 Å². The number of allylic oxidation sites excluding steroid dienone is 4. The van der Waals surface area contributed by atoms with Crippen molar-refractivity contribution in [3.63, 3.8) is 0 Å². The van der Waals surface area contributed by atoms with Gasteiger partial charge < -0.3 is 9.97 Å². The molecule has 0 aliphatic heterocycles. The summed E-state index contributed by atoms with van der Waals surface area (Å²) in [5.41, 5.74) is 10.2. The topological polar surface area (TPSA) is 57.4 Å². The minimum Gasteiger partial charge on any atom is -0.361 e. The number of hydrogen-bond donors (Lipinski definition) is 2. The van der Waals surface area contributed by atoms with Crippen molar-refractivity contribution in [3.05, 3.63) is 119 Å². The van der Waals surface area contributed by atoms with E-state index in [4.69, 9.17) is 9.97 Å². The van der Waals surface area contributed by atoms with Crippen LogP contribution in [-0.4, -0.2) is 19.9 Å². The normalized spacial score (nSPS) is 16.5. The molecule has 2 aliphatic carbocycles. The number of aromatic nitrogens is 4. The summed E-state index contributed by atoms with van der Waals surface area (Å²) in [5, 5.41) is 6.08. The first kappa shape index (κ1) is 22.1. The van der Waals surface area contributed by atoms with E-state index >= 15 is 0 Å². The molecule has 0 fully saturated rings. The Morgan fingerprint density at radius 1 is 0.925 bits per heavy atom. The number of nitrogens with one attached hydrogen (secondary N) is 2. The molecule has 4 heterocycles. The summed E-state index contributed by atoms with van der Waals surface area (Å²) in [6.45, 7) is 2.10. The Bertz CT molecular complexity index is 2380. The zero-order valence-corrected chi connectivity index (χ0v) is 22.6. The van der Waals surface area contributed by atoms with Gasteiger partial charge in [0.25, 0.3) is 0 Å². The lowest BCUT2D eigenvalue weighted by molar-refractivity contribution is 0.802. The summed E-state index contributed by atoms with van der Waals surface area (Å²) in [6, 6.07) is 23.8. The zero-order valence-electron chi connectivity index (χ0n) is 21.8. The molecular formula is C35H24N4S. The van der Waals surface area contributed by atoms with Crippen molar-refractivity contribution in [3.8, 4) is 11.3 Å². The second-order valence-electron chi connectivity index (χ2n) is 10.7. The van der Waals surface area contributed by atoms with Crippen molar-refractivity contribution in [1.29, 1.82) is 0 Å². The molecule has 190 valence electrons. The summed E-state index contributed by atoms with van der Waals surface area (Å²) < 4.78 is 1.22. The summed E-state index contributed by atoms with van der Waals surface area (Å²) in [7, 11) is 0. The Balaban J connectivity index is 1.43. The summed E-state index contributed by atoms with van der Waals surface area (Å²) >= 11 is 1.72. The van der Waals surface area contributed by atoms with Crippen molar-refractivity contribution in [2.45, 2.75) is 13.3 Å². The number of benzene rings is 3. The van der Waals surface area contributed by atoms with E-state index in [9.17, 15) is 0 Å². The van der Waals surface area contributed by atoms with Gasteiger partial charge in [0.05, 0.1) is 22.3 Å². The Morgan fingerprint density at radius 2 is 1.80 bits per heavy atom. The van der Waals surface area contributed by atoms with Gasteiger partial charge in [-0.2, -0.15) is 0 Å². The standard InChI is InChI=1S/C35H24N4S/c1-19-31(39-35-34(37-19)24-11-5-7-13-28(24)40-35)30-25(15-14-20-16-17-36-32(20)30)29-22-9-3-2-8-21(22)18-26-23-10-4-6-12-27(23)38-33(26)29/h2-8,10-18,22,36,38H,9H2,1H3. The molecule has 7 aromatic rings. The molecule has 1 unspecified atom stereocenters. The number of aromatic amines is 2. The average molecular weight is 533 g/mol. The van der Waals surface area contributed by atoms with Crippen LogP contribution >= 0.6 is 11.3 Å². The van der Waals surface area contributed by atoms with Crippen LogP contribution in [0, 0.1) is 12.8 Å². The fourth-order valence-corrected chi connectivity index (χ4v) is 7.73. The molecule has 1 atom stereocenters. The molecule has 0 spiro atoms. The number of thiophene rings is 1. The first-order valence-electron chi connectivity index (χ1n) is 13.7. The van der Waals surface area contributed by atoms with Crippen molar-refractivity contribution < 1.29 is 0 Å². The molecule has 2 aliphatic rings. The van der Waals surface area contributed by atoms with Crippen LogP contribution in [0.2, 0.25) is 0 Å². The van der Waals surface area contributed by atoms with E-state index in [0.717, 1.165) is 39.2 Å². The van der Waals surface area contributed by atoms with Crippen LogP contribution in [-0.2, 0) is 0 Å². The maximum Gasteiger partial charge on any atom is 0.143 e. The third kappa shape index (κ3) is 3.01. The fraction of sp³-hybridized carbons (Fsp3) is 0.0857. The molecular weight excluding hydrogens is 508 g/mol. The molecule has 9 rings (SSSR count). The van der Waals surface area contributed by atoms with Gasteiger partial charge in [-0.3, -0.25) is 0 Å². The van der Waals surface area contributed by atoms with Gasteiger partial charge in [0.2, 0.25) is 0 Å². The van der Waals surface area contributed by atoms with Crippen LogP contribution in [0.15, 0.2) is 96.7 Å². The maximum absolute atomic E-state index is 5.35. The monoisotopic (exact) mass is 532 g/mol. The van der Waals surface area contributed by atoms with Gasteiger partial charge in [-0.1, -0.05) is 66.8 Å². The molecule has 4 aromatic heterocycles. The van der Waals surface area contributed by atoms with Crippen LogP contribution in [0.3, 0.4) is 0 Å². The third-order valence-electron chi connectivity index (χ3n) is 8.52. The van der Waals surface area contributed by atoms with Gasteiger partial charge in [0, 0.05) is 49.3 Å². The lowest BCUT2D eigenvalue weighted by Gasteiger charge is -2.27. The van der Waals surface area contributed by atoms with E-state index in [1.165, 1.54) is 53.7 Å². The first-order chi connectivity index (χ1) is 19.7. The molecule has 0 amide bonds. The summed E-state index contributed by atoms with van der Waals surface area (Å²) in [5.74, 6) is 0.262. The SMILES string of the molecule is Cc1nc2c(nc1-c1c(C3=c4[nH]c5ccccc5c4=CC4=CC=CCC43)ccc3cc[nH]c13)sc1ccccc12. The van der Waals surface area contributed by atoms with Gasteiger partial charge in [-0.25, -0.2) is 9.97 Å². The first-order valence-corrected chi connectivity index (χ1v) is 14.5. The highest BCUT2D eigenvalue weighted by atomic mass is 32.1. The summed E-state index contributed by atoms with van der Waals surface area (Å²) in [6.07, 6.45) is 12.1. The quantitative estimate of drug-likeness (QED) is 0.246. The average Bonchev–Trinajstić information content (AvgIpc) is 3.70. The van der Waals surface area contributed by atoms with E-state index in [1.54, 1.807) is 11.3 Å². The molecule has 0 bridgehead atoms. The van der Waals surface area contributed by atoms with Crippen molar-refractivity contribution >= 4 is 65.2 Å². The van der Waals surface area contributed by atoms with Crippen molar-refractivity contribution in [1.82, 2.24) is 19.9 Å². The predicted octanol–water partition coefficient (Wildman–Crippen LogP) is 7.28. The molecule has 4 nitrogen and oxygen atoms in total. The van der Waals surface area contributed by atoms with E-state index < -0.39 is 0 Å². The highest BCUT2D eigenvalue weighted by Crippen LogP contribution is 2.43. The van der Waals surface area contributed by atoms with Crippen LogP contribution in [0.5, 0.6) is 0 Å². The Labute approximate surface area is 233 Å². The maximum atomic E-state index is 5.35. The smallest absolute Gasteiger partial charge is 0.143 e. The van der Waals surface area contributed by atoms with Crippen LogP contribution in [0.4, 0.5) is 0 Å². The second kappa shape index (κ2) is 8.13. The Hall–Kier alpha value is -4.74. The van der Waals surface area contributed by atoms with Gasteiger partial charge in [-0.15, -0.1) is 11.3 Å². The highest BCUT2D eigenvalue weighted by Gasteiger charge is 2.29. The number of rotatable bonds is 2. The summed E-state index contributed by atoms with van der Waals surface area (Å²) in [4.78, 5) is 18.9. The lowest BCUT2D eigenvalue weighted by atomic mass is 9.77.